The number of unbranched alkanes of at least 4 members (excludes halogenated alkanes) is 3. The second-order valence-corrected chi connectivity index (χ2v) is 16.7. The average molecular weight is 682 g/mol. The molecular weight excluding hydrogens is 604 g/mol. The van der Waals surface area contributed by atoms with Crippen molar-refractivity contribution in [2.45, 2.75) is 150 Å². The Kier molecular flexibility index (Phi) is 19.3. The van der Waals surface area contributed by atoms with E-state index in [1.165, 1.54) is 81.9 Å². The number of carboxylic acid groups (broad SMARTS) is 1. The fraction of sp³-hybridized carbons (Fsp3) is 0.925. The van der Waals surface area contributed by atoms with Gasteiger partial charge in [-0.3, -0.25) is 0 Å². The quantitative estimate of drug-likeness (QED) is 0.0852. The number of nitrogens with zero attached hydrogens (tertiary/aromatic N) is 1. The number of halogens is 1. The first-order valence-electron chi connectivity index (χ1n) is 19.9. The molecule has 0 aromatic heterocycles. The van der Waals surface area contributed by atoms with Crippen molar-refractivity contribution in [3.8, 4) is 0 Å². The van der Waals surface area contributed by atoms with Crippen molar-refractivity contribution in [1.29, 1.82) is 0 Å². The van der Waals surface area contributed by atoms with Gasteiger partial charge in [0.25, 0.3) is 0 Å². The van der Waals surface area contributed by atoms with Gasteiger partial charge >= 0.3 is 6.09 Å². The topological polar surface area (TPSA) is 105 Å². The molecule has 6 nitrogen and oxygen atoms in total. The molecule has 0 aliphatic heterocycles. The van der Waals surface area contributed by atoms with Gasteiger partial charge in [0, 0.05) is 13.1 Å². The summed E-state index contributed by atoms with van der Waals surface area (Å²) in [5, 5.41) is 12.4. The molecule has 4 aliphatic carbocycles. The molecule has 4 rings (SSSR count). The van der Waals surface area contributed by atoms with Crippen molar-refractivity contribution in [3.05, 3.63) is 11.6 Å². The van der Waals surface area contributed by atoms with Crippen LogP contribution in [-0.2, 0) is 0 Å². The van der Waals surface area contributed by atoms with Crippen LogP contribution in [0.2, 0.25) is 0 Å². The Morgan fingerprint density at radius 2 is 1.60 bits per heavy atom. The first-order chi connectivity index (χ1) is 22.1. The number of rotatable bonds is 18. The summed E-state index contributed by atoms with van der Waals surface area (Å²) in [6.07, 6.45) is 25.5. The molecule has 3 saturated carbocycles. The zero-order chi connectivity index (χ0) is 33.6. The van der Waals surface area contributed by atoms with Crippen LogP contribution < -0.4 is 16.8 Å². The summed E-state index contributed by atoms with van der Waals surface area (Å²) >= 11 is 0. The minimum atomic E-state index is -0.823. The molecule has 6 N–H and O–H groups in total. The Balaban J connectivity index is 0.000000343. The Hall–Kier alpha value is -0.820. The molecule has 0 radical (unpaired) electrons. The number of hydrogen-bond acceptors (Lipinski definition) is 4. The van der Waals surface area contributed by atoms with Crippen LogP contribution in [0.25, 0.3) is 0 Å². The van der Waals surface area contributed by atoms with Crippen molar-refractivity contribution in [3.63, 3.8) is 0 Å². The third kappa shape index (κ3) is 11.9. The maximum atomic E-state index is 11.0. The van der Waals surface area contributed by atoms with Crippen LogP contribution in [0.4, 0.5) is 4.79 Å². The van der Waals surface area contributed by atoms with Crippen molar-refractivity contribution in [1.82, 2.24) is 10.2 Å². The summed E-state index contributed by atoms with van der Waals surface area (Å²) in [7, 11) is 0. The zero-order valence-corrected chi connectivity index (χ0v) is 32.2. The van der Waals surface area contributed by atoms with E-state index in [-0.39, 0.29) is 12.4 Å². The summed E-state index contributed by atoms with van der Waals surface area (Å²) in [5.74, 6) is 5.84. The minimum absolute atomic E-state index is 0. The van der Waals surface area contributed by atoms with E-state index in [0.717, 1.165) is 93.7 Å². The zero-order valence-electron chi connectivity index (χ0n) is 31.4. The predicted molar refractivity (Wildman–Crippen MR) is 203 cm³/mol. The lowest BCUT2D eigenvalue weighted by Gasteiger charge is -2.58. The van der Waals surface area contributed by atoms with Gasteiger partial charge in [0.1, 0.15) is 0 Å². The average Bonchev–Trinajstić information content (AvgIpc) is 3.38. The van der Waals surface area contributed by atoms with Crippen LogP contribution in [-0.4, -0.2) is 55.4 Å². The number of amides is 1. The van der Waals surface area contributed by atoms with Gasteiger partial charge < -0.3 is 26.8 Å². The highest BCUT2D eigenvalue weighted by atomic mass is 35.5. The lowest BCUT2D eigenvalue weighted by atomic mass is 9.47. The van der Waals surface area contributed by atoms with Gasteiger partial charge in [0.2, 0.25) is 0 Å². The van der Waals surface area contributed by atoms with E-state index in [0.29, 0.717) is 30.5 Å². The van der Waals surface area contributed by atoms with Crippen molar-refractivity contribution >= 4 is 18.5 Å². The normalized spacial score (nSPS) is 30.2. The van der Waals surface area contributed by atoms with Crippen LogP contribution >= 0.6 is 12.4 Å². The smallest absolute Gasteiger partial charge is 0.407 e. The first-order valence-corrected chi connectivity index (χ1v) is 19.9. The molecule has 1 amide bonds. The maximum Gasteiger partial charge on any atom is 0.407 e. The number of nitrogens with two attached hydrogens (primary N) is 2. The Morgan fingerprint density at radius 3 is 2.30 bits per heavy atom. The number of hydrogen-bond donors (Lipinski definition) is 4. The Bertz CT molecular complexity index is 915. The standard InChI is InChI=1S/C27H46.C13H30N4O2.ClH/c1-19(2)9-8-10-20(3)23-14-15-24-22-13-12-21-11-6-7-17-26(21,4)25(22)16-18-27(23,24)5;14-7-2-1-5-11-17(13(18)19)12-6-10-16-9-4-3-8-15;/h12,19-20,22-25H,6-11,13-18H2,1-5H3;16H,1-12,14-15H2,(H,18,19);1H/t20-,22+,23-,24+,25+,26+,27-;;/m1../s1. The van der Waals surface area contributed by atoms with Gasteiger partial charge in [0.05, 0.1) is 0 Å². The molecule has 0 spiro atoms. The SMILES string of the molecule is CC(C)CCC[C@@H](C)[C@H]1CC[C@H]2[C@@H]3CC=C4CCCC[C@]4(C)[C@H]3CC[C@]12C.Cl.NCCCCCN(CCCNCCCCN)C(=O)O. The van der Waals surface area contributed by atoms with E-state index in [4.69, 9.17) is 16.6 Å². The molecule has 0 bridgehead atoms. The lowest BCUT2D eigenvalue weighted by molar-refractivity contribution is -0.0500. The minimum Gasteiger partial charge on any atom is -0.465 e. The highest BCUT2D eigenvalue weighted by Gasteiger charge is 2.58. The maximum absolute atomic E-state index is 11.0. The predicted octanol–water partition coefficient (Wildman–Crippen LogP) is 9.65. The van der Waals surface area contributed by atoms with E-state index in [1.807, 2.05) is 5.57 Å². The summed E-state index contributed by atoms with van der Waals surface area (Å²) in [6, 6.07) is 0. The molecular formula is C40H77ClN4O2. The molecule has 7 atom stereocenters. The third-order valence-electron chi connectivity index (χ3n) is 13.2. The molecule has 4 aliphatic rings. The summed E-state index contributed by atoms with van der Waals surface area (Å²) < 4.78 is 0. The number of fused-ring (bicyclic) bond motifs is 5. The molecule has 0 heterocycles. The second kappa shape index (κ2) is 21.4. The largest absolute Gasteiger partial charge is 0.465 e. The lowest BCUT2D eigenvalue weighted by Crippen LogP contribution is -2.50. The molecule has 276 valence electrons. The van der Waals surface area contributed by atoms with Gasteiger partial charge in [-0.05, 0) is 156 Å². The molecule has 0 aromatic rings. The molecule has 0 saturated heterocycles. The van der Waals surface area contributed by atoms with Crippen LogP contribution in [0.3, 0.4) is 0 Å². The molecule has 3 fully saturated rings. The monoisotopic (exact) mass is 681 g/mol. The van der Waals surface area contributed by atoms with Gasteiger partial charge in [-0.1, -0.05) is 78.4 Å². The van der Waals surface area contributed by atoms with Crippen LogP contribution in [0.15, 0.2) is 11.6 Å². The van der Waals surface area contributed by atoms with Gasteiger partial charge in [-0.25, -0.2) is 4.79 Å². The first kappa shape index (κ1) is 42.3. The van der Waals surface area contributed by atoms with E-state index < -0.39 is 6.09 Å². The fourth-order valence-corrected chi connectivity index (χ4v) is 10.6. The molecule has 7 heteroatoms. The van der Waals surface area contributed by atoms with Gasteiger partial charge in [0.15, 0.2) is 0 Å². The highest BCUT2D eigenvalue weighted by molar-refractivity contribution is 5.85. The van der Waals surface area contributed by atoms with Crippen molar-refractivity contribution < 1.29 is 9.90 Å². The number of nitrogens with one attached hydrogen (secondary N) is 1. The fourth-order valence-electron chi connectivity index (χ4n) is 10.6. The Morgan fingerprint density at radius 1 is 0.894 bits per heavy atom. The van der Waals surface area contributed by atoms with Crippen LogP contribution in [0, 0.1) is 46.3 Å². The van der Waals surface area contributed by atoms with E-state index in [9.17, 15) is 4.79 Å². The number of carbonyl (C=O) groups is 1. The Labute approximate surface area is 296 Å². The summed E-state index contributed by atoms with van der Waals surface area (Å²) in [5.41, 5.74) is 13.9. The van der Waals surface area contributed by atoms with E-state index >= 15 is 0 Å². The van der Waals surface area contributed by atoms with Gasteiger partial charge in [-0.15, -0.1) is 12.4 Å². The highest BCUT2D eigenvalue weighted by Crippen LogP contribution is 2.67. The van der Waals surface area contributed by atoms with Crippen molar-refractivity contribution in [2.75, 3.05) is 39.3 Å². The van der Waals surface area contributed by atoms with Crippen molar-refractivity contribution in [2.24, 2.45) is 57.8 Å². The van der Waals surface area contributed by atoms with E-state index in [1.54, 1.807) is 0 Å². The van der Waals surface area contributed by atoms with E-state index in [2.05, 4.69) is 46.0 Å². The molecule has 0 unspecified atom stereocenters. The van der Waals surface area contributed by atoms with Gasteiger partial charge in [-0.2, -0.15) is 0 Å². The molecule has 0 aromatic carbocycles. The van der Waals surface area contributed by atoms with Crippen LogP contribution in [0.5, 0.6) is 0 Å². The molecule has 47 heavy (non-hydrogen) atoms. The summed E-state index contributed by atoms with van der Waals surface area (Å²) in [6.45, 7) is 17.2. The second-order valence-electron chi connectivity index (χ2n) is 16.7. The summed E-state index contributed by atoms with van der Waals surface area (Å²) in [4.78, 5) is 12.5. The third-order valence-corrected chi connectivity index (χ3v) is 13.2. The van der Waals surface area contributed by atoms with Crippen LogP contribution in [0.1, 0.15) is 150 Å². The number of allylic oxidation sites excluding steroid dienone is 2.